The predicted octanol–water partition coefficient (Wildman–Crippen LogP) is 3.05. The number of benzene rings is 2. The predicted molar refractivity (Wildman–Crippen MR) is 121 cm³/mol. The molecule has 1 fully saturated rings. The second-order valence-corrected chi connectivity index (χ2v) is 8.63. The van der Waals surface area contributed by atoms with Crippen LogP contribution in [0.1, 0.15) is 43.7 Å². The molecule has 3 N–H and O–H groups in total. The fourth-order valence-electron chi connectivity index (χ4n) is 4.47. The van der Waals surface area contributed by atoms with Crippen LogP contribution < -0.4 is 10.6 Å². The number of nitrogens with one attached hydrogen (secondary N) is 2. The third kappa shape index (κ3) is 4.43. The maximum Gasteiger partial charge on any atom is 0.408 e. The Labute approximate surface area is 192 Å². The third-order valence-electron chi connectivity index (χ3n) is 6.58. The van der Waals surface area contributed by atoms with Gasteiger partial charge in [-0.25, -0.2) is 9.59 Å². The lowest BCUT2D eigenvalue weighted by atomic mass is 9.96. The first kappa shape index (κ1) is 22.8. The van der Waals surface area contributed by atoms with Gasteiger partial charge in [-0.2, -0.15) is 0 Å². The number of hydrogen-bond acceptors (Lipinski definition) is 5. The van der Waals surface area contributed by atoms with Gasteiger partial charge < -0.3 is 25.2 Å². The molecule has 2 amide bonds. The molecule has 3 atom stereocenters. The van der Waals surface area contributed by atoms with E-state index in [9.17, 15) is 19.5 Å². The van der Waals surface area contributed by atoms with Crippen LogP contribution in [0.2, 0.25) is 0 Å². The molecule has 0 radical (unpaired) electrons. The monoisotopic (exact) mass is 452 g/mol. The minimum Gasteiger partial charge on any atom is -0.479 e. The molecule has 174 valence electrons. The van der Waals surface area contributed by atoms with E-state index in [1.165, 1.54) is 0 Å². The molecule has 8 heteroatoms. The number of rotatable bonds is 7. The molecule has 0 aromatic heterocycles. The molecule has 0 saturated carbocycles. The number of carbonyl (C=O) groups is 3. The quantitative estimate of drug-likeness (QED) is 0.595. The second kappa shape index (κ2) is 9.23. The average molecular weight is 453 g/mol. The zero-order valence-electron chi connectivity index (χ0n) is 18.7. The van der Waals surface area contributed by atoms with E-state index >= 15 is 0 Å². The zero-order chi connectivity index (χ0) is 23.6. The number of ether oxygens (including phenoxy) is 2. The van der Waals surface area contributed by atoms with Crippen LogP contribution >= 0.6 is 0 Å². The summed E-state index contributed by atoms with van der Waals surface area (Å²) in [5.74, 6) is -1.68. The van der Waals surface area contributed by atoms with E-state index in [1.54, 1.807) is 13.8 Å². The Kier molecular flexibility index (Phi) is 6.37. The van der Waals surface area contributed by atoms with Crippen LogP contribution in [0, 0.1) is 0 Å². The number of alkyl carbamates (subject to hydrolysis) is 1. The molecule has 1 aliphatic carbocycles. The first-order valence-electron chi connectivity index (χ1n) is 11.1. The lowest BCUT2D eigenvalue weighted by Gasteiger charge is -2.30. The van der Waals surface area contributed by atoms with Crippen molar-refractivity contribution in [3.05, 3.63) is 59.7 Å². The number of carbonyl (C=O) groups excluding carboxylic acids is 2. The molecule has 2 aromatic carbocycles. The highest BCUT2D eigenvalue weighted by Crippen LogP contribution is 2.44. The molecular formula is C25H28N2O6. The van der Waals surface area contributed by atoms with E-state index in [1.807, 2.05) is 36.4 Å². The highest BCUT2D eigenvalue weighted by molar-refractivity contribution is 5.90. The maximum atomic E-state index is 12.9. The van der Waals surface area contributed by atoms with E-state index in [-0.39, 0.29) is 19.1 Å². The number of fused-ring (bicyclic) bond motifs is 3. The van der Waals surface area contributed by atoms with Crippen molar-refractivity contribution >= 4 is 18.0 Å². The van der Waals surface area contributed by atoms with Gasteiger partial charge in [0.15, 0.2) is 6.10 Å². The number of aliphatic carboxylic acids is 1. The fraction of sp³-hybridized carbons (Fsp3) is 0.400. The van der Waals surface area contributed by atoms with Gasteiger partial charge in [-0.15, -0.1) is 0 Å². The van der Waals surface area contributed by atoms with Gasteiger partial charge in [0.2, 0.25) is 5.91 Å². The Morgan fingerprint density at radius 1 is 1.09 bits per heavy atom. The summed E-state index contributed by atoms with van der Waals surface area (Å²) in [7, 11) is 0. The van der Waals surface area contributed by atoms with Gasteiger partial charge >= 0.3 is 12.1 Å². The van der Waals surface area contributed by atoms with Crippen LogP contribution in [0.3, 0.4) is 0 Å². The Balaban J connectivity index is 1.40. The lowest BCUT2D eigenvalue weighted by Crippen LogP contribution is -2.59. The smallest absolute Gasteiger partial charge is 0.408 e. The summed E-state index contributed by atoms with van der Waals surface area (Å²) in [4.78, 5) is 36.9. The molecule has 0 bridgehead atoms. The molecule has 2 aliphatic rings. The summed E-state index contributed by atoms with van der Waals surface area (Å²) in [6.45, 7) is 3.75. The minimum atomic E-state index is -1.26. The van der Waals surface area contributed by atoms with Crippen LogP contribution in [-0.4, -0.2) is 54.0 Å². The van der Waals surface area contributed by atoms with Gasteiger partial charge in [0, 0.05) is 12.5 Å². The molecule has 1 aliphatic heterocycles. The first-order chi connectivity index (χ1) is 15.8. The third-order valence-corrected chi connectivity index (χ3v) is 6.58. The summed E-state index contributed by atoms with van der Waals surface area (Å²) in [6.07, 6.45) is -1.10. The molecule has 2 aromatic rings. The summed E-state index contributed by atoms with van der Waals surface area (Å²) in [5.41, 5.74) is 3.21. The molecule has 4 rings (SSSR count). The largest absolute Gasteiger partial charge is 0.479 e. The number of carboxylic acids is 1. The van der Waals surface area contributed by atoms with Gasteiger partial charge in [0.05, 0.1) is 6.04 Å². The van der Waals surface area contributed by atoms with E-state index in [0.717, 1.165) is 22.3 Å². The molecule has 1 unspecified atom stereocenters. The summed E-state index contributed by atoms with van der Waals surface area (Å²) < 4.78 is 10.7. The van der Waals surface area contributed by atoms with E-state index in [0.29, 0.717) is 12.8 Å². The average Bonchev–Trinajstić information content (AvgIpc) is 3.40. The fourth-order valence-corrected chi connectivity index (χ4v) is 4.47. The number of amides is 2. The van der Waals surface area contributed by atoms with Gasteiger partial charge in [-0.3, -0.25) is 4.79 Å². The van der Waals surface area contributed by atoms with E-state index in [2.05, 4.69) is 22.8 Å². The Morgan fingerprint density at radius 3 is 2.27 bits per heavy atom. The molecule has 33 heavy (non-hydrogen) atoms. The van der Waals surface area contributed by atoms with Gasteiger partial charge in [0.25, 0.3) is 0 Å². The molecule has 0 spiro atoms. The second-order valence-electron chi connectivity index (χ2n) is 8.63. The van der Waals surface area contributed by atoms with Gasteiger partial charge in [-0.05, 0) is 42.0 Å². The van der Waals surface area contributed by atoms with Crippen molar-refractivity contribution in [1.29, 1.82) is 0 Å². The Hall–Kier alpha value is -3.39. The zero-order valence-corrected chi connectivity index (χ0v) is 18.7. The van der Waals surface area contributed by atoms with Crippen molar-refractivity contribution in [1.82, 2.24) is 10.6 Å². The molecule has 8 nitrogen and oxygen atoms in total. The van der Waals surface area contributed by atoms with Crippen LogP contribution in [0.25, 0.3) is 11.1 Å². The Morgan fingerprint density at radius 2 is 1.70 bits per heavy atom. The van der Waals surface area contributed by atoms with Crippen LogP contribution in [0.4, 0.5) is 4.79 Å². The SMILES string of the molecule is CCC(C)(NC(=O)OCC1c2ccccc2-c2ccccc21)C(=O)N[C@@H]1CCO[C@@H]1C(=O)O. The Bertz CT molecular complexity index is 1020. The molecular weight excluding hydrogens is 424 g/mol. The highest BCUT2D eigenvalue weighted by Gasteiger charge is 2.40. The van der Waals surface area contributed by atoms with Gasteiger partial charge in [-0.1, -0.05) is 55.5 Å². The molecule has 1 heterocycles. The van der Waals surface area contributed by atoms with Crippen molar-refractivity contribution in [3.8, 4) is 11.1 Å². The first-order valence-corrected chi connectivity index (χ1v) is 11.1. The summed E-state index contributed by atoms with van der Waals surface area (Å²) >= 11 is 0. The standard InChI is InChI=1S/C25H28N2O6/c1-3-25(2,23(30)26-20-12-13-32-21(20)22(28)29)27-24(31)33-14-19-17-10-6-4-8-15(17)16-9-5-7-11-18(16)19/h4-11,19-21H,3,12-14H2,1-2H3,(H,26,30)(H,27,31)(H,28,29)/t20-,21+,25?/m1/s1. The van der Waals surface area contributed by atoms with Crippen LogP contribution in [0.5, 0.6) is 0 Å². The number of hydrogen-bond donors (Lipinski definition) is 3. The van der Waals surface area contributed by atoms with E-state index < -0.39 is 35.7 Å². The van der Waals surface area contributed by atoms with Crippen molar-refractivity contribution < 1.29 is 29.0 Å². The maximum absolute atomic E-state index is 12.9. The van der Waals surface area contributed by atoms with Gasteiger partial charge in [0.1, 0.15) is 12.1 Å². The van der Waals surface area contributed by atoms with Crippen molar-refractivity contribution in [2.45, 2.75) is 50.3 Å². The normalized spacial score (nSPS) is 20.9. The summed E-state index contributed by atoms with van der Waals surface area (Å²) in [6, 6.07) is 15.4. The lowest BCUT2D eigenvalue weighted by molar-refractivity contribution is -0.148. The van der Waals surface area contributed by atoms with Crippen LogP contribution in [0.15, 0.2) is 48.5 Å². The highest BCUT2D eigenvalue weighted by atomic mass is 16.5. The molecule has 1 saturated heterocycles. The van der Waals surface area contributed by atoms with E-state index in [4.69, 9.17) is 9.47 Å². The number of carboxylic acid groups (broad SMARTS) is 1. The van der Waals surface area contributed by atoms with Crippen molar-refractivity contribution in [2.24, 2.45) is 0 Å². The van der Waals surface area contributed by atoms with Crippen LogP contribution in [-0.2, 0) is 19.1 Å². The topological polar surface area (TPSA) is 114 Å². The van der Waals surface area contributed by atoms with Crippen molar-refractivity contribution in [3.63, 3.8) is 0 Å². The van der Waals surface area contributed by atoms with Crippen molar-refractivity contribution in [2.75, 3.05) is 13.2 Å². The minimum absolute atomic E-state index is 0.0863. The summed E-state index contributed by atoms with van der Waals surface area (Å²) in [5, 5.41) is 14.6.